The monoisotopic (exact) mass is 298 g/mol. The van der Waals surface area contributed by atoms with Crippen LogP contribution in [-0.4, -0.2) is 48.0 Å². The molecule has 1 saturated carbocycles. The van der Waals surface area contributed by atoms with Gasteiger partial charge in [0, 0.05) is 19.1 Å². The van der Waals surface area contributed by atoms with E-state index in [1.165, 1.54) is 0 Å². The third-order valence-corrected chi connectivity index (χ3v) is 4.62. The van der Waals surface area contributed by atoms with Gasteiger partial charge in [0.05, 0.1) is 0 Å². The summed E-state index contributed by atoms with van der Waals surface area (Å²) in [7, 11) is 2.03. The van der Waals surface area contributed by atoms with Crippen molar-refractivity contribution in [2.45, 2.75) is 58.4 Å². The maximum atomic E-state index is 12.6. The van der Waals surface area contributed by atoms with E-state index in [2.05, 4.69) is 29.2 Å². The Morgan fingerprint density at radius 1 is 1.33 bits per heavy atom. The number of nitrogens with two attached hydrogens (primary N) is 1. The van der Waals surface area contributed by atoms with Crippen LogP contribution >= 0.6 is 0 Å². The highest BCUT2D eigenvalue weighted by Crippen LogP contribution is 2.35. The number of rotatable bonds is 6. The molecule has 0 aliphatic heterocycles. The van der Waals surface area contributed by atoms with Gasteiger partial charge in [0.15, 0.2) is 5.84 Å². The van der Waals surface area contributed by atoms with E-state index in [-0.39, 0.29) is 11.7 Å². The van der Waals surface area contributed by atoms with Gasteiger partial charge >= 0.3 is 0 Å². The SMILES string of the molecule is CC(C)N(C)CCNC(=O)C1(C(N)=NO)CCCCCC1. The van der Waals surface area contributed by atoms with Crippen molar-refractivity contribution in [1.29, 1.82) is 0 Å². The van der Waals surface area contributed by atoms with Crippen LogP contribution < -0.4 is 11.1 Å². The Morgan fingerprint density at radius 3 is 2.38 bits per heavy atom. The van der Waals surface area contributed by atoms with E-state index in [0.717, 1.165) is 32.2 Å². The molecule has 4 N–H and O–H groups in total. The lowest BCUT2D eigenvalue weighted by Gasteiger charge is -2.30. The maximum Gasteiger partial charge on any atom is 0.233 e. The van der Waals surface area contributed by atoms with E-state index < -0.39 is 5.41 Å². The number of hydrogen-bond acceptors (Lipinski definition) is 4. The average molecular weight is 298 g/mol. The normalized spacial score (nSPS) is 19.6. The molecule has 122 valence electrons. The molecular formula is C15H30N4O2. The largest absolute Gasteiger partial charge is 0.409 e. The first-order valence-corrected chi connectivity index (χ1v) is 7.90. The van der Waals surface area contributed by atoms with Crippen molar-refractivity contribution in [1.82, 2.24) is 10.2 Å². The lowest BCUT2D eigenvalue weighted by atomic mass is 9.78. The first-order chi connectivity index (χ1) is 9.94. The highest BCUT2D eigenvalue weighted by Gasteiger charge is 2.42. The maximum absolute atomic E-state index is 12.6. The van der Waals surface area contributed by atoms with Gasteiger partial charge in [0.25, 0.3) is 0 Å². The minimum absolute atomic E-state index is 0.0547. The zero-order valence-electron chi connectivity index (χ0n) is 13.6. The Balaban J connectivity index is 2.68. The minimum atomic E-state index is -0.832. The summed E-state index contributed by atoms with van der Waals surface area (Å²) in [6.45, 7) is 5.60. The Kier molecular flexibility index (Phi) is 6.95. The molecule has 0 aromatic carbocycles. The van der Waals surface area contributed by atoms with Gasteiger partial charge in [-0.05, 0) is 33.7 Å². The molecule has 0 atom stereocenters. The van der Waals surface area contributed by atoms with E-state index in [1.807, 2.05) is 7.05 Å². The molecule has 0 aromatic rings. The first-order valence-electron chi connectivity index (χ1n) is 7.90. The topological polar surface area (TPSA) is 91.0 Å². The van der Waals surface area contributed by atoms with Crippen molar-refractivity contribution < 1.29 is 10.0 Å². The lowest BCUT2D eigenvalue weighted by molar-refractivity contribution is -0.128. The number of nitrogens with one attached hydrogen (secondary N) is 1. The standard InChI is InChI=1S/C15H30N4O2/c1-12(2)19(3)11-10-17-14(20)15(13(16)18-21)8-6-4-5-7-9-15/h12,21H,4-11H2,1-3H3,(H2,16,18)(H,17,20). The van der Waals surface area contributed by atoms with E-state index in [0.29, 0.717) is 25.4 Å². The number of likely N-dealkylation sites (N-methyl/N-ethyl adjacent to an activating group) is 1. The van der Waals surface area contributed by atoms with Crippen molar-refractivity contribution >= 4 is 11.7 Å². The van der Waals surface area contributed by atoms with Crippen LogP contribution in [0.2, 0.25) is 0 Å². The smallest absolute Gasteiger partial charge is 0.233 e. The number of carbonyl (C=O) groups is 1. The fraction of sp³-hybridized carbons (Fsp3) is 0.867. The Hall–Kier alpha value is -1.30. The Morgan fingerprint density at radius 2 is 1.90 bits per heavy atom. The average Bonchev–Trinajstić information content (AvgIpc) is 2.72. The van der Waals surface area contributed by atoms with Crippen molar-refractivity contribution in [3.05, 3.63) is 0 Å². The molecular weight excluding hydrogens is 268 g/mol. The third-order valence-electron chi connectivity index (χ3n) is 4.62. The van der Waals surface area contributed by atoms with Crippen LogP contribution in [0.25, 0.3) is 0 Å². The van der Waals surface area contributed by atoms with Crippen molar-refractivity contribution in [2.24, 2.45) is 16.3 Å². The number of amides is 1. The zero-order valence-corrected chi connectivity index (χ0v) is 13.6. The summed E-state index contributed by atoms with van der Waals surface area (Å²) < 4.78 is 0. The van der Waals surface area contributed by atoms with Crippen LogP contribution in [0.1, 0.15) is 52.4 Å². The summed E-state index contributed by atoms with van der Waals surface area (Å²) >= 11 is 0. The van der Waals surface area contributed by atoms with Crippen LogP contribution in [0.15, 0.2) is 5.16 Å². The van der Waals surface area contributed by atoms with Gasteiger partial charge in [-0.15, -0.1) is 0 Å². The van der Waals surface area contributed by atoms with Gasteiger partial charge in [-0.3, -0.25) is 4.79 Å². The molecule has 6 nitrogen and oxygen atoms in total. The Labute approximate surface area is 127 Å². The molecule has 0 aromatic heterocycles. The van der Waals surface area contributed by atoms with Gasteiger partial charge in [-0.2, -0.15) is 0 Å². The molecule has 0 heterocycles. The van der Waals surface area contributed by atoms with E-state index in [4.69, 9.17) is 10.9 Å². The zero-order chi connectivity index (χ0) is 15.9. The molecule has 0 bridgehead atoms. The highest BCUT2D eigenvalue weighted by molar-refractivity contribution is 6.06. The molecule has 1 fully saturated rings. The van der Waals surface area contributed by atoms with Crippen LogP contribution in [0.5, 0.6) is 0 Å². The number of hydrogen-bond donors (Lipinski definition) is 3. The Bertz CT molecular complexity index is 361. The van der Waals surface area contributed by atoms with E-state index in [1.54, 1.807) is 0 Å². The van der Waals surface area contributed by atoms with Crippen LogP contribution in [-0.2, 0) is 4.79 Å². The number of nitrogens with zero attached hydrogens (tertiary/aromatic N) is 2. The second kappa shape index (κ2) is 8.22. The molecule has 21 heavy (non-hydrogen) atoms. The summed E-state index contributed by atoms with van der Waals surface area (Å²) in [5.41, 5.74) is 5.03. The van der Waals surface area contributed by atoms with Gasteiger partial charge in [0.2, 0.25) is 5.91 Å². The van der Waals surface area contributed by atoms with Crippen molar-refractivity contribution in [3.8, 4) is 0 Å². The molecule has 0 unspecified atom stereocenters. The van der Waals surface area contributed by atoms with Crippen LogP contribution in [0, 0.1) is 5.41 Å². The van der Waals surface area contributed by atoms with Gasteiger partial charge < -0.3 is 21.2 Å². The lowest BCUT2D eigenvalue weighted by Crippen LogP contribution is -2.51. The second-order valence-electron chi connectivity index (χ2n) is 6.31. The summed E-state index contributed by atoms with van der Waals surface area (Å²) in [6.07, 6.45) is 5.40. The fourth-order valence-corrected chi connectivity index (χ4v) is 2.80. The van der Waals surface area contributed by atoms with E-state index in [9.17, 15) is 4.79 Å². The quantitative estimate of drug-likeness (QED) is 0.228. The highest BCUT2D eigenvalue weighted by atomic mass is 16.4. The third kappa shape index (κ3) is 4.59. The van der Waals surface area contributed by atoms with Gasteiger partial charge in [-0.1, -0.05) is 30.8 Å². The van der Waals surface area contributed by atoms with Gasteiger partial charge in [0.1, 0.15) is 5.41 Å². The second-order valence-corrected chi connectivity index (χ2v) is 6.31. The summed E-state index contributed by atoms with van der Waals surface area (Å²) in [4.78, 5) is 14.8. The van der Waals surface area contributed by atoms with Crippen molar-refractivity contribution in [2.75, 3.05) is 20.1 Å². The molecule has 0 radical (unpaired) electrons. The summed E-state index contributed by atoms with van der Waals surface area (Å²) in [5.74, 6) is -0.0454. The number of oxime groups is 1. The molecule has 1 aliphatic carbocycles. The molecule has 1 aliphatic rings. The van der Waals surface area contributed by atoms with Gasteiger partial charge in [-0.25, -0.2) is 0 Å². The van der Waals surface area contributed by atoms with Crippen LogP contribution in [0.3, 0.4) is 0 Å². The predicted molar refractivity (Wildman–Crippen MR) is 84.3 cm³/mol. The molecule has 6 heteroatoms. The summed E-state index contributed by atoms with van der Waals surface area (Å²) in [6, 6.07) is 0.442. The molecule has 0 saturated heterocycles. The molecule has 1 amide bonds. The minimum Gasteiger partial charge on any atom is -0.409 e. The predicted octanol–water partition coefficient (Wildman–Crippen LogP) is 1.53. The van der Waals surface area contributed by atoms with Crippen LogP contribution in [0.4, 0.5) is 0 Å². The summed E-state index contributed by atoms with van der Waals surface area (Å²) in [5, 5.41) is 15.2. The van der Waals surface area contributed by atoms with Crippen molar-refractivity contribution in [3.63, 3.8) is 0 Å². The molecule has 1 rings (SSSR count). The number of carbonyl (C=O) groups excluding carboxylic acids is 1. The first kappa shape index (κ1) is 17.8. The molecule has 0 spiro atoms. The van der Waals surface area contributed by atoms with E-state index >= 15 is 0 Å². The fourth-order valence-electron chi connectivity index (χ4n) is 2.80. The number of amidine groups is 1.